The summed E-state index contributed by atoms with van der Waals surface area (Å²) in [5, 5.41) is 4.03. The second kappa shape index (κ2) is 5.42. The molecule has 0 aliphatic carbocycles. The van der Waals surface area contributed by atoms with Crippen LogP contribution in [-0.4, -0.2) is 59.9 Å². The summed E-state index contributed by atoms with van der Waals surface area (Å²) in [7, 11) is 1.88. The predicted octanol–water partition coefficient (Wildman–Crippen LogP) is -0.285. The fourth-order valence-electron chi connectivity index (χ4n) is 1.73. The molecule has 6 nitrogen and oxygen atoms in total. The van der Waals surface area contributed by atoms with Gasteiger partial charge in [-0.15, -0.1) is 0 Å². The van der Waals surface area contributed by atoms with Crippen LogP contribution in [0, 0.1) is 6.92 Å². The van der Waals surface area contributed by atoms with Crippen molar-refractivity contribution in [2.24, 2.45) is 0 Å². The summed E-state index contributed by atoms with van der Waals surface area (Å²) in [6.45, 7) is 5.57. The lowest BCUT2D eigenvalue weighted by Gasteiger charge is -2.29. The lowest BCUT2D eigenvalue weighted by Crippen LogP contribution is -2.49. The van der Waals surface area contributed by atoms with Gasteiger partial charge in [-0.2, -0.15) is 4.37 Å². The van der Waals surface area contributed by atoms with E-state index in [4.69, 9.17) is 0 Å². The highest BCUT2D eigenvalue weighted by molar-refractivity contribution is 7.09. The van der Waals surface area contributed by atoms with Crippen LogP contribution in [0.4, 0.5) is 5.13 Å². The lowest BCUT2D eigenvalue weighted by atomic mass is 10.3. The van der Waals surface area contributed by atoms with Crippen LogP contribution in [0.2, 0.25) is 0 Å². The Balaban J connectivity index is 1.89. The van der Waals surface area contributed by atoms with Gasteiger partial charge in [0.2, 0.25) is 11.0 Å². The minimum absolute atomic E-state index is 0.154. The molecule has 2 rings (SSSR count). The highest BCUT2D eigenvalue weighted by Gasteiger charge is 2.18. The molecule has 1 N–H and O–H groups in total. The molecule has 1 aromatic rings. The molecule has 94 valence electrons. The van der Waals surface area contributed by atoms with Crippen LogP contribution in [0.1, 0.15) is 5.82 Å². The zero-order valence-corrected chi connectivity index (χ0v) is 11.0. The third-order valence-electron chi connectivity index (χ3n) is 2.69. The van der Waals surface area contributed by atoms with Gasteiger partial charge < -0.3 is 15.1 Å². The topological polar surface area (TPSA) is 61.4 Å². The second-order valence-electron chi connectivity index (χ2n) is 4.11. The Labute approximate surface area is 105 Å². The first-order valence-electron chi connectivity index (χ1n) is 5.67. The van der Waals surface area contributed by atoms with Gasteiger partial charge in [0.15, 0.2) is 0 Å². The van der Waals surface area contributed by atoms with Crippen molar-refractivity contribution in [1.82, 2.24) is 19.6 Å². The minimum atomic E-state index is 0.154. The molecule has 1 amide bonds. The molecule has 17 heavy (non-hydrogen) atoms. The number of carbonyl (C=O) groups is 1. The monoisotopic (exact) mass is 255 g/mol. The molecule has 0 atom stereocenters. The van der Waals surface area contributed by atoms with E-state index in [9.17, 15) is 4.79 Å². The first-order chi connectivity index (χ1) is 8.16. The number of anilines is 1. The largest absolute Gasteiger partial charge is 0.341 e. The van der Waals surface area contributed by atoms with E-state index >= 15 is 0 Å². The van der Waals surface area contributed by atoms with Crippen LogP contribution in [0.25, 0.3) is 0 Å². The number of nitrogens with zero attached hydrogens (tertiary/aromatic N) is 4. The number of likely N-dealkylation sites (N-methyl/N-ethyl adjacent to an activating group) is 1. The molecular formula is C10H17N5OS. The van der Waals surface area contributed by atoms with Crippen molar-refractivity contribution in [3.63, 3.8) is 0 Å². The highest BCUT2D eigenvalue weighted by atomic mass is 32.1. The van der Waals surface area contributed by atoms with Crippen LogP contribution in [-0.2, 0) is 4.79 Å². The fraction of sp³-hybridized carbons (Fsp3) is 0.700. The van der Waals surface area contributed by atoms with Gasteiger partial charge in [0, 0.05) is 44.8 Å². The molecule has 0 aromatic carbocycles. The number of aromatic nitrogens is 2. The molecule has 1 saturated heterocycles. The van der Waals surface area contributed by atoms with Gasteiger partial charge in [-0.05, 0) is 6.92 Å². The molecule has 1 aliphatic heterocycles. The molecule has 7 heteroatoms. The predicted molar refractivity (Wildman–Crippen MR) is 67.4 cm³/mol. The first-order valence-corrected chi connectivity index (χ1v) is 6.44. The van der Waals surface area contributed by atoms with Crippen molar-refractivity contribution < 1.29 is 4.79 Å². The molecule has 1 aliphatic rings. The fourth-order valence-corrected chi connectivity index (χ4v) is 2.36. The number of hydrogen-bond acceptors (Lipinski definition) is 6. The highest BCUT2D eigenvalue weighted by Crippen LogP contribution is 2.14. The smallest absolute Gasteiger partial charge is 0.242 e. The Morgan fingerprint density at radius 3 is 2.82 bits per heavy atom. The van der Waals surface area contributed by atoms with Gasteiger partial charge >= 0.3 is 0 Å². The maximum absolute atomic E-state index is 12.0. The number of rotatable bonds is 3. The van der Waals surface area contributed by atoms with Gasteiger partial charge in [0.05, 0.1) is 6.54 Å². The minimum Gasteiger partial charge on any atom is -0.341 e. The molecule has 0 unspecified atom stereocenters. The standard InChI is InChI=1S/C10H17N5OS/c1-8-12-10(17-13-8)14(2)7-9(16)15-5-3-11-4-6-15/h11H,3-7H2,1-2H3. The quantitative estimate of drug-likeness (QED) is 0.804. The average Bonchev–Trinajstić information content (AvgIpc) is 2.77. The van der Waals surface area contributed by atoms with E-state index < -0.39 is 0 Å². The number of carbonyl (C=O) groups excluding carboxylic acids is 1. The molecular weight excluding hydrogens is 238 g/mol. The van der Waals surface area contributed by atoms with Crippen molar-refractivity contribution in [2.75, 3.05) is 44.7 Å². The SMILES string of the molecule is Cc1nsc(N(C)CC(=O)N2CCNCC2)n1. The number of aryl methyl sites for hydroxylation is 1. The first kappa shape index (κ1) is 12.3. The van der Waals surface area contributed by atoms with Crippen molar-refractivity contribution in [1.29, 1.82) is 0 Å². The van der Waals surface area contributed by atoms with Crippen LogP contribution >= 0.6 is 11.5 Å². The van der Waals surface area contributed by atoms with Crippen molar-refractivity contribution in [3.8, 4) is 0 Å². The summed E-state index contributed by atoms with van der Waals surface area (Å²) in [5.41, 5.74) is 0. The zero-order chi connectivity index (χ0) is 12.3. The van der Waals surface area contributed by atoms with Crippen LogP contribution in [0.15, 0.2) is 0 Å². The van der Waals surface area contributed by atoms with Crippen LogP contribution in [0.5, 0.6) is 0 Å². The van der Waals surface area contributed by atoms with Gasteiger partial charge in [-0.3, -0.25) is 4.79 Å². The number of piperazine rings is 1. The Morgan fingerprint density at radius 2 is 2.24 bits per heavy atom. The van der Waals surface area contributed by atoms with E-state index in [1.165, 1.54) is 11.5 Å². The normalized spacial score (nSPS) is 16.0. The van der Waals surface area contributed by atoms with Gasteiger partial charge in [-0.1, -0.05) is 0 Å². The molecule has 0 spiro atoms. The number of hydrogen-bond donors (Lipinski definition) is 1. The Kier molecular flexibility index (Phi) is 3.90. The molecule has 1 aromatic heterocycles. The average molecular weight is 255 g/mol. The Morgan fingerprint density at radius 1 is 1.53 bits per heavy atom. The summed E-state index contributed by atoms with van der Waals surface area (Å²) < 4.78 is 4.11. The summed E-state index contributed by atoms with van der Waals surface area (Å²) in [5.74, 6) is 0.910. The van der Waals surface area contributed by atoms with Crippen molar-refractivity contribution in [2.45, 2.75) is 6.92 Å². The summed E-state index contributed by atoms with van der Waals surface area (Å²) in [6, 6.07) is 0. The van der Waals surface area contributed by atoms with Gasteiger partial charge in [-0.25, -0.2) is 4.98 Å². The summed E-state index contributed by atoms with van der Waals surface area (Å²) >= 11 is 1.33. The number of amides is 1. The van der Waals surface area contributed by atoms with E-state index in [2.05, 4.69) is 14.7 Å². The summed E-state index contributed by atoms with van der Waals surface area (Å²) in [6.07, 6.45) is 0. The summed E-state index contributed by atoms with van der Waals surface area (Å²) in [4.78, 5) is 20.0. The number of nitrogens with one attached hydrogen (secondary N) is 1. The Hall–Kier alpha value is -1.21. The van der Waals surface area contributed by atoms with Crippen LogP contribution < -0.4 is 10.2 Å². The van der Waals surface area contributed by atoms with E-state index in [1.54, 1.807) is 0 Å². The third kappa shape index (κ3) is 3.13. The second-order valence-corrected chi connectivity index (χ2v) is 4.84. The van der Waals surface area contributed by atoms with E-state index in [1.807, 2.05) is 23.8 Å². The maximum atomic E-state index is 12.0. The third-order valence-corrected chi connectivity index (χ3v) is 3.61. The van der Waals surface area contributed by atoms with Crippen molar-refractivity contribution in [3.05, 3.63) is 5.82 Å². The van der Waals surface area contributed by atoms with E-state index in [-0.39, 0.29) is 5.91 Å². The van der Waals surface area contributed by atoms with Crippen LogP contribution in [0.3, 0.4) is 0 Å². The zero-order valence-electron chi connectivity index (χ0n) is 10.1. The molecule has 1 fully saturated rings. The van der Waals surface area contributed by atoms with E-state index in [0.29, 0.717) is 6.54 Å². The molecule has 0 bridgehead atoms. The molecule has 2 heterocycles. The Bertz CT molecular complexity index is 388. The van der Waals surface area contributed by atoms with E-state index in [0.717, 1.165) is 37.1 Å². The van der Waals surface area contributed by atoms with Crippen molar-refractivity contribution >= 4 is 22.6 Å². The maximum Gasteiger partial charge on any atom is 0.242 e. The van der Waals surface area contributed by atoms with Gasteiger partial charge in [0.1, 0.15) is 5.82 Å². The molecule has 0 radical (unpaired) electrons. The van der Waals surface area contributed by atoms with Gasteiger partial charge in [0.25, 0.3) is 0 Å². The molecule has 0 saturated carbocycles. The lowest BCUT2D eigenvalue weighted by molar-refractivity contribution is -0.130.